The van der Waals surface area contributed by atoms with E-state index in [1.165, 1.54) is 16.7 Å². The lowest BCUT2D eigenvalue weighted by molar-refractivity contribution is 1.02. The van der Waals surface area contributed by atoms with Crippen LogP contribution < -0.4 is 0 Å². The molecule has 0 heterocycles. The van der Waals surface area contributed by atoms with Crippen molar-refractivity contribution in [3.63, 3.8) is 0 Å². The molecule has 0 saturated heterocycles. The zero-order chi connectivity index (χ0) is 6.85. The number of allylic oxidation sites excluding steroid dienone is 4. The van der Waals surface area contributed by atoms with E-state index in [2.05, 4.69) is 19.2 Å². The number of rotatable bonds is 1. The van der Waals surface area contributed by atoms with Crippen LogP contribution in [0.15, 0.2) is 36.0 Å². The molecule has 0 aromatic heterocycles. The smallest absolute Gasteiger partial charge is 0.0236 e. The maximum Gasteiger partial charge on any atom is -0.0236 e. The first-order valence-electron chi connectivity index (χ1n) is 3.24. The highest BCUT2D eigenvalue weighted by Crippen LogP contribution is 2.25. The van der Waals surface area contributed by atoms with Crippen LogP contribution in [0.1, 0.15) is 19.8 Å². The number of hydrogen-bond donors (Lipinski definition) is 0. The molecular weight excluding hydrogens is 108 g/mol. The zero-order valence-corrected chi connectivity index (χ0v) is 5.91. The van der Waals surface area contributed by atoms with Gasteiger partial charge in [0.05, 0.1) is 0 Å². The fraction of sp³-hybridized carbons (Fsp3) is 0.333. The molecular formula is C9H12. The minimum Gasteiger partial charge on any atom is -0.0958 e. The van der Waals surface area contributed by atoms with Crippen molar-refractivity contribution in [1.29, 1.82) is 0 Å². The van der Waals surface area contributed by atoms with Gasteiger partial charge in [0.1, 0.15) is 0 Å². The van der Waals surface area contributed by atoms with E-state index in [9.17, 15) is 0 Å². The molecule has 0 aromatic carbocycles. The molecule has 0 fully saturated rings. The van der Waals surface area contributed by atoms with Gasteiger partial charge in [-0.15, -0.1) is 0 Å². The lowest BCUT2D eigenvalue weighted by Gasteiger charge is -1.94. The van der Waals surface area contributed by atoms with Crippen LogP contribution in [0.2, 0.25) is 0 Å². The van der Waals surface area contributed by atoms with Gasteiger partial charge in [0.25, 0.3) is 0 Å². The Labute approximate surface area is 56.6 Å². The second kappa shape index (κ2) is 2.22. The minimum atomic E-state index is 1.13. The van der Waals surface area contributed by atoms with Crippen LogP contribution in [0.5, 0.6) is 0 Å². The summed E-state index contributed by atoms with van der Waals surface area (Å²) < 4.78 is 0. The Balaban J connectivity index is 2.74. The van der Waals surface area contributed by atoms with Gasteiger partial charge in [-0.3, -0.25) is 0 Å². The molecule has 0 bridgehead atoms. The minimum absolute atomic E-state index is 1.13. The van der Waals surface area contributed by atoms with E-state index in [-0.39, 0.29) is 0 Å². The van der Waals surface area contributed by atoms with Crippen molar-refractivity contribution in [2.45, 2.75) is 19.8 Å². The molecule has 9 heavy (non-hydrogen) atoms. The third kappa shape index (κ3) is 1.32. The van der Waals surface area contributed by atoms with Crippen LogP contribution >= 0.6 is 0 Å². The van der Waals surface area contributed by atoms with Crippen LogP contribution in [0, 0.1) is 0 Å². The largest absolute Gasteiger partial charge is 0.0958 e. The monoisotopic (exact) mass is 120 g/mol. The summed E-state index contributed by atoms with van der Waals surface area (Å²) in [5, 5.41) is 0. The molecule has 0 saturated carbocycles. The molecule has 1 rings (SSSR count). The SMILES string of the molecule is C=C1C=C(C(=C)C)CC1. The third-order valence-corrected chi connectivity index (χ3v) is 1.64. The molecule has 0 aromatic rings. The van der Waals surface area contributed by atoms with Crippen molar-refractivity contribution < 1.29 is 0 Å². The van der Waals surface area contributed by atoms with Gasteiger partial charge < -0.3 is 0 Å². The van der Waals surface area contributed by atoms with Crippen LogP contribution in [0.4, 0.5) is 0 Å². The molecule has 0 nitrogen and oxygen atoms in total. The summed E-state index contributed by atoms with van der Waals surface area (Å²) in [6, 6.07) is 0. The molecule has 0 atom stereocenters. The Morgan fingerprint density at radius 2 is 2.22 bits per heavy atom. The van der Waals surface area contributed by atoms with Gasteiger partial charge in [0.15, 0.2) is 0 Å². The maximum absolute atomic E-state index is 3.87. The lowest BCUT2D eigenvalue weighted by Crippen LogP contribution is -1.74. The van der Waals surface area contributed by atoms with Crippen LogP contribution in [0.3, 0.4) is 0 Å². The van der Waals surface area contributed by atoms with Crippen molar-refractivity contribution in [2.75, 3.05) is 0 Å². The Kier molecular flexibility index (Phi) is 1.56. The normalized spacial score (nSPS) is 17.9. The van der Waals surface area contributed by atoms with Crippen molar-refractivity contribution >= 4 is 0 Å². The summed E-state index contributed by atoms with van der Waals surface area (Å²) in [5.41, 5.74) is 3.81. The summed E-state index contributed by atoms with van der Waals surface area (Å²) in [6.07, 6.45) is 4.42. The fourth-order valence-electron chi connectivity index (χ4n) is 1.02. The van der Waals surface area contributed by atoms with Gasteiger partial charge >= 0.3 is 0 Å². The highest BCUT2D eigenvalue weighted by atomic mass is 14.1. The Morgan fingerprint density at radius 1 is 1.56 bits per heavy atom. The van der Waals surface area contributed by atoms with E-state index >= 15 is 0 Å². The van der Waals surface area contributed by atoms with E-state index < -0.39 is 0 Å². The van der Waals surface area contributed by atoms with E-state index in [1.807, 2.05) is 6.92 Å². The molecule has 0 radical (unpaired) electrons. The zero-order valence-electron chi connectivity index (χ0n) is 5.91. The summed E-state index contributed by atoms with van der Waals surface area (Å²) in [7, 11) is 0. The topological polar surface area (TPSA) is 0 Å². The molecule has 0 aliphatic heterocycles. The molecule has 0 spiro atoms. The van der Waals surface area contributed by atoms with Gasteiger partial charge in [-0.25, -0.2) is 0 Å². The second-order valence-corrected chi connectivity index (χ2v) is 2.61. The predicted octanol–water partition coefficient (Wildman–Crippen LogP) is 2.84. The van der Waals surface area contributed by atoms with Crippen LogP contribution in [-0.2, 0) is 0 Å². The van der Waals surface area contributed by atoms with Crippen molar-refractivity contribution in [2.24, 2.45) is 0 Å². The highest BCUT2D eigenvalue weighted by molar-refractivity contribution is 5.38. The average Bonchev–Trinajstić information content (AvgIpc) is 2.14. The Morgan fingerprint density at radius 3 is 2.44 bits per heavy atom. The standard InChI is InChI=1S/C9H12/c1-7(2)9-5-4-8(3)6-9/h6H,1,3-5H2,2H3. The van der Waals surface area contributed by atoms with Crippen molar-refractivity contribution in [3.8, 4) is 0 Å². The van der Waals surface area contributed by atoms with Crippen LogP contribution in [0.25, 0.3) is 0 Å². The molecule has 0 heteroatoms. The fourth-order valence-corrected chi connectivity index (χ4v) is 1.02. The summed E-state index contributed by atoms with van der Waals surface area (Å²) in [6.45, 7) is 9.78. The Bertz CT molecular complexity index is 182. The van der Waals surface area contributed by atoms with Gasteiger partial charge in [-0.05, 0) is 25.3 Å². The van der Waals surface area contributed by atoms with Crippen molar-refractivity contribution in [3.05, 3.63) is 36.0 Å². The summed E-state index contributed by atoms with van der Waals surface area (Å²) in [5.74, 6) is 0. The van der Waals surface area contributed by atoms with Gasteiger partial charge in [-0.1, -0.05) is 30.4 Å². The van der Waals surface area contributed by atoms with Gasteiger partial charge in [-0.2, -0.15) is 0 Å². The second-order valence-electron chi connectivity index (χ2n) is 2.61. The van der Waals surface area contributed by atoms with E-state index in [4.69, 9.17) is 0 Å². The molecule has 0 amide bonds. The van der Waals surface area contributed by atoms with Crippen molar-refractivity contribution in [1.82, 2.24) is 0 Å². The molecule has 0 unspecified atom stereocenters. The predicted molar refractivity (Wildman–Crippen MR) is 41.3 cm³/mol. The first kappa shape index (κ1) is 6.34. The van der Waals surface area contributed by atoms with E-state index in [0.717, 1.165) is 12.8 Å². The van der Waals surface area contributed by atoms with Gasteiger partial charge in [0.2, 0.25) is 0 Å². The van der Waals surface area contributed by atoms with Gasteiger partial charge in [0, 0.05) is 0 Å². The first-order valence-corrected chi connectivity index (χ1v) is 3.24. The summed E-state index contributed by atoms with van der Waals surface area (Å²) >= 11 is 0. The number of hydrogen-bond acceptors (Lipinski definition) is 0. The molecule has 1 aliphatic rings. The quantitative estimate of drug-likeness (QED) is 0.499. The third-order valence-electron chi connectivity index (χ3n) is 1.64. The summed E-state index contributed by atoms with van der Waals surface area (Å²) in [4.78, 5) is 0. The molecule has 0 N–H and O–H groups in total. The average molecular weight is 120 g/mol. The van der Waals surface area contributed by atoms with E-state index in [0.29, 0.717) is 0 Å². The highest BCUT2D eigenvalue weighted by Gasteiger charge is 2.06. The first-order chi connectivity index (χ1) is 4.20. The molecule has 1 aliphatic carbocycles. The van der Waals surface area contributed by atoms with Crippen LogP contribution in [-0.4, -0.2) is 0 Å². The molecule has 48 valence electrons. The maximum atomic E-state index is 3.87. The van der Waals surface area contributed by atoms with E-state index in [1.54, 1.807) is 0 Å². The lowest BCUT2D eigenvalue weighted by atomic mass is 10.1. The Hall–Kier alpha value is -0.780.